The fraction of sp³-hybridized carbons (Fsp3) is 0. The van der Waals surface area contributed by atoms with E-state index in [1.807, 2.05) is 0 Å². The average Bonchev–Trinajstić information content (AvgIpc) is 2.96. The number of rotatable bonds is 2. The molecule has 4 rings (SSSR count). The van der Waals surface area contributed by atoms with Crippen LogP contribution in [-0.2, 0) is 0 Å². The Balaban J connectivity index is 1.67. The molecule has 0 spiro atoms. The van der Waals surface area contributed by atoms with Crippen LogP contribution in [0.5, 0.6) is 11.5 Å². The van der Waals surface area contributed by atoms with E-state index >= 15 is 0 Å². The maximum absolute atomic E-state index is 11.9. The average molecular weight is 338 g/mol. The van der Waals surface area contributed by atoms with E-state index in [-0.39, 0.29) is 33.8 Å². The number of hydrogen-bond acceptors (Lipinski definition) is 7. The van der Waals surface area contributed by atoms with Crippen molar-refractivity contribution in [1.29, 1.82) is 0 Å². The van der Waals surface area contributed by atoms with Crippen molar-refractivity contribution >= 4 is 23.6 Å². The molecule has 0 fully saturated rings. The van der Waals surface area contributed by atoms with Crippen molar-refractivity contribution in [2.24, 2.45) is 11.7 Å². The van der Waals surface area contributed by atoms with Crippen LogP contribution in [0.3, 0.4) is 0 Å². The van der Waals surface area contributed by atoms with Crippen molar-refractivity contribution in [3.8, 4) is 11.5 Å². The van der Waals surface area contributed by atoms with Gasteiger partial charge in [0, 0.05) is 0 Å². The molecule has 0 bridgehead atoms. The third-order valence-corrected chi connectivity index (χ3v) is 4.01. The lowest BCUT2D eigenvalue weighted by Gasteiger charge is -2.07. The van der Waals surface area contributed by atoms with Gasteiger partial charge in [0.15, 0.2) is 0 Å². The molecule has 0 atom stereocenters. The van der Waals surface area contributed by atoms with Crippen molar-refractivity contribution in [3.05, 3.63) is 58.7 Å². The van der Waals surface area contributed by atoms with Gasteiger partial charge in [0.2, 0.25) is 0 Å². The number of hydrogen-bond donors (Lipinski definition) is 2. The van der Waals surface area contributed by atoms with E-state index in [0.29, 0.717) is 10.0 Å². The first-order valence-corrected chi connectivity index (χ1v) is 7.11. The summed E-state index contributed by atoms with van der Waals surface area (Å²) in [5.41, 5.74) is 0.637. The largest absolute Gasteiger partial charge is 0.457 e. The van der Waals surface area contributed by atoms with Crippen molar-refractivity contribution in [2.75, 3.05) is 0 Å². The predicted octanol–water partition coefficient (Wildman–Crippen LogP) is 0.418. The summed E-state index contributed by atoms with van der Waals surface area (Å²) < 4.78 is 5.62. The van der Waals surface area contributed by atoms with E-state index in [0.717, 1.165) is 0 Å². The van der Waals surface area contributed by atoms with Crippen molar-refractivity contribution in [1.82, 2.24) is 10.0 Å². The zero-order valence-corrected chi connectivity index (χ0v) is 12.6. The highest BCUT2D eigenvalue weighted by atomic mass is 16.5. The van der Waals surface area contributed by atoms with Crippen molar-refractivity contribution in [2.45, 2.75) is 0 Å². The predicted molar refractivity (Wildman–Crippen MR) is 82.3 cm³/mol. The summed E-state index contributed by atoms with van der Waals surface area (Å²) >= 11 is 0. The van der Waals surface area contributed by atoms with Gasteiger partial charge < -0.3 is 4.74 Å². The van der Waals surface area contributed by atoms with Crippen LogP contribution in [0.4, 0.5) is 0 Å². The highest BCUT2D eigenvalue weighted by molar-refractivity contribution is 6.21. The molecule has 2 heterocycles. The molecule has 0 unspecified atom stereocenters. The van der Waals surface area contributed by atoms with Gasteiger partial charge in [-0.15, -0.1) is 0 Å². The van der Waals surface area contributed by atoms with Crippen LogP contribution in [0.25, 0.3) is 0 Å². The zero-order chi connectivity index (χ0) is 17.9. The van der Waals surface area contributed by atoms with Crippen molar-refractivity contribution < 1.29 is 23.9 Å². The number of nitrogens with zero attached hydrogens (tertiary/aromatic N) is 2. The first-order chi connectivity index (χ1) is 11.9. The second kappa shape index (κ2) is 4.97. The lowest BCUT2D eigenvalue weighted by atomic mass is 10.1. The monoisotopic (exact) mass is 338 g/mol. The zero-order valence-electron chi connectivity index (χ0n) is 12.6. The minimum absolute atomic E-state index is 0.130. The second-order valence-corrected chi connectivity index (χ2v) is 5.48. The number of carbonyl (C=O) groups is 4. The van der Waals surface area contributed by atoms with Gasteiger partial charge >= 0.3 is 0 Å². The second-order valence-electron chi connectivity index (χ2n) is 5.48. The van der Waals surface area contributed by atoms with E-state index in [9.17, 15) is 19.2 Å². The van der Waals surface area contributed by atoms with Crippen LogP contribution in [0, 0.1) is 0 Å². The molecule has 124 valence electrons. The summed E-state index contributed by atoms with van der Waals surface area (Å²) in [7, 11) is 0. The third kappa shape index (κ3) is 2.04. The number of amides is 4. The Morgan fingerprint density at radius 2 is 0.960 bits per heavy atom. The molecule has 0 aliphatic carbocycles. The molecule has 0 saturated heterocycles. The third-order valence-electron chi connectivity index (χ3n) is 4.01. The lowest BCUT2D eigenvalue weighted by molar-refractivity contribution is 0.0639. The van der Waals surface area contributed by atoms with E-state index in [1.54, 1.807) is 0 Å². The van der Waals surface area contributed by atoms with Gasteiger partial charge in [0.1, 0.15) is 11.5 Å². The highest BCUT2D eigenvalue weighted by Crippen LogP contribution is 2.31. The van der Waals surface area contributed by atoms with Gasteiger partial charge in [0.05, 0.1) is 22.3 Å². The number of hydrazine groups is 2. The molecule has 0 saturated carbocycles. The smallest absolute Gasteiger partial charge is 0.276 e. The van der Waals surface area contributed by atoms with Gasteiger partial charge in [-0.1, -0.05) is 0 Å². The first kappa shape index (κ1) is 15.0. The highest BCUT2D eigenvalue weighted by Gasteiger charge is 2.35. The normalized spacial score (nSPS) is 15.8. The van der Waals surface area contributed by atoms with Gasteiger partial charge in [-0.2, -0.15) is 0 Å². The van der Waals surface area contributed by atoms with E-state index < -0.39 is 23.6 Å². The SMILES string of the molecule is NN1C(=O)c2ccc(Oc3ccc4c(c3)C(=O)N(N)C4=O)cc2C1=O. The Kier molecular flexibility index (Phi) is 2.98. The van der Waals surface area contributed by atoms with E-state index in [1.165, 1.54) is 36.4 Å². The van der Waals surface area contributed by atoms with Crippen LogP contribution in [0.15, 0.2) is 36.4 Å². The molecule has 2 aromatic rings. The summed E-state index contributed by atoms with van der Waals surface area (Å²) in [4.78, 5) is 47.3. The van der Waals surface area contributed by atoms with Gasteiger partial charge in [-0.05, 0) is 36.4 Å². The van der Waals surface area contributed by atoms with Crippen LogP contribution in [-0.4, -0.2) is 33.6 Å². The molecule has 9 heteroatoms. The lowest BCUT2D eigenvalue weighted by Crippen LogP contribution is -2.36. The fourth-order valence-corrected chi connectivity index (χ4v) is 2.74. The number of benzene rings is 2. The molecule has 2 aliphatic rings. The standard InChI is InChI=1S/C16H10N4O5/c17-19-13(21)9-3-1-7(5-11(9)15(19)23)25-8-2-4-10-12(6-8)16(24)20(18)14(10)22/h1-6H,17-18H2. The number of fused-ring (bicyclic) bond motifs is 2. The van der Waals surface area contributed by atoms with E-state index in [2.05, 4.69) is 0 Å². The topological polar surface area (TPSA) is 136 Å². The first-order valence-electron chi connectivity index (χ1n) is 7.11. The number of nitrogens with two attached hydrogens (primary N) is 2. The van der Waals surface area contributed by atoms with Gasteiger partial charge in [-0.3, -0.25) is 19.2 Å². The molecule has 4 amide bonds. The quantitative estimate of drug-likeness (QED) is 0.460. The molecule has 9 nitrogen and oxygen atoms in total. The molecule has 2 aliphatic heterocycles. The molecule has 2 aromatic carbocycles. The van der Waals surface area contributed by atoms with Gasteiger partial charge in [0.25, 0.3) is 23.6 Å². The summed E-state index contributed by atoms with van der Waals surface area (Å²) in [5.74, 6) is 8.89. The van der Waals surface area contributed by atoms with Gasteiger partial charge in [-0.25, -0.2) is 21.7 Å². The minimum Gasteiger partial charge on any atom is -0.457 e. The Morgan fingerprint density at radius 3 is 1.36 bits per heavy atom. The number of imide groups is 2. The molecular formula is C16H10N4O5. The summed E-state index contributed by atoms with van der Waals surface area (Å²) in [6.45, 7) is 0. The Hall–Kier alpha value is -3.56. The Labute approximate surface area is 140 Å². The number of carbonyl (C=O) groups excluding carboxylic acids is 4. The molecule has 4 N–H and O–H groups in total. The Morgan fingerprint density at radius 1 is 0.600 bits per heavy atom. The van der Waals surface area contributed by atoms with Crippen molar-refractivity contribution in [3.63, 3.8) is 0 Å². The van der Waals surface area contributed by atoms with Crippen LogP contribution in [0.2, 0.25) is 0 Å². The molecular weight excluding hydrogens is 328 g/mol. The molecule has 0 radical (unpaired) electrons. The van der Waals surface area contributed by atoms with E-state index in [4.69, 9.17) is 16.4 Å². The van der Waals surface area contributed by atoms with Crippen LogP contribution >= 0.6 is 0 Å². The Bertz CT molecular complexity index is 921. The summed E-state index contributed by atoms with van der Waals surface area (Å²) in [5, 5.41) is 1.06. The molecule has 0 aromatic heterocycles. The van der Waals surface area contributed by atoms with Crippen LogP contribution in [0.1, 0.15) is 41.4 Å². The molecule has 25 heavy (non-hydrogen) atoms. The minimum atomic E-state index is -0.626. The fourth-order valence-electron chi connectivity index (χ4n) is 2.74. The van der Waals surface area contributed by atoms with Crippen LogP contribution < -0.4 is 16.4 Å². The maximum atomic E-state index is 11.9. The maximum Gasteiger partial charge on any atom is 0.276 e. The summed E-state index contributed by atoms with van der Waals surface area (Å²) in [6, 6.07) is 8.63. The number of ether oxygens (including phenoxy) is 1. The summed E-state index contributed by atoms with van der Waals surface area (Å²) in [6.07, 6.45) is 0.